The molecule has 1 unspecified atom stereocenters. The van der Waals surface area contributed by atoms with E-state index in [1.165, 1.54) is 4.90 Å². The van der Waals surface area contributed by atoms with Gasteiger partial charge in [0, 0.05) is 6.42 Å². The van der Waals surface area contributed by atoms with E-state index in [2.05, 4.69) is 0 Å². The van der Waals surface area contributed by atoms with Crippen LogP contribution in [0, 0.1) is 0 Å². The van der Waals surface area contributed by atoms with Gasteiger partial charge < -0.3 is 14.6 Å². The molecule has 1 amide bonds. The van der Waals surface area contributed by atoms with Gasteiger partial charge in [0.1, 0.15) is 17.4 Å². The second-order valence-electron chi connectivity index (χ2n) is 6.53. The Balaban J connectivity index is 2.31. The first-order chi connectivity index (χ1) is 10.7. The number of hydrogen-bond donors (Lipinski definition) is 1. The van der Waals surface area contributed by atoms with Crippen LogP contribution in [0.15, 0.2) is 18.2 Å². The van der Waals surface area contributed by atoms with Gasteiger partial charge in [0.05, 0.1) is 13.2 Å². The molecule has 0 saturated carbocycles. The number of ether oxygens (including phenoxy) is 2. The number of phenolic OH excluding ortho intramolecular Hbond substituents is 1. The number of amides is 1. The molecular weight excluding hydrogens is 298 g/mol. The first-order valence-corrected chi connectivity index (χ1v) is 7.68. The molecule has 0 fully saturated rings. The lowest BCUT2D eigenvalue weighted by atomic mass is 9.94. The third-order valence-corrected chi connectivity index (χ3v) is 3.51. The van der Waals surface area contributed by atoms with Crippen molar-refractivity contribution in [3.05, 3.63) is 29.3 Å². The minimum atomic E-state index is -0.721. The molecule has 23 heavy (non-hydrogen) atoms. The van der Waals surface area contributed by atoms with Crippen molar-refractivity contribution < 1.29 is 24.2 Å². The van der Waals surface area contributed by atoms with E-state index in [9.17, 15) is 14.7 Å². The first-order valence-electron chi connectivity index (χ1n) is 7.68. The molecular formula is C17H23NO5. The maximum absolute atomic E-state index is 12.5. The fraction of sp³-hybridized carbons (Fsp3) is 0.529. The van der Waals surface area contributed by atoms with Gasteiger partial charge in [-0.25, -0.2) is 9.59 Å². The number of benzene rings is 1. The number of carbonyl (C=O) groups excluding carboxylic acids is 2. The summed E-state index contributed by atoms with van der Waals surface area (Å²) in [7, 11) is 0. The third-order valence-electron chi connectivity index (χ3n) is 3.51. The van der Waals surface area contributed by atoms with Gasteiger partial charge in [0.2, 0.25) is 0 Å². The van der Waals surface area contributed by atoms with E-state index in [1.54, 1.807) is 45.9 Å². The zero-order chi connectivity index (χ0) is 17.2. The number of carbonyl (C=O) groups is 2. The highest BCUT2D eigenvalue weighted by molar-refractivity contribution is 5.82. The Morgan fingerprint density at radius 1 is 1.30 bits per heavy atom. The summed E-state index contributed by atoms with van der Waals surface area (Å²) in [6, 6.07) is 4.23. The predicted molar refractivity (Wildman–Crippen MR) is 84.0 cm³/mol. The second-order valence-corrected chi connectivity index (χ2v) is 6.53. The van der Waals surface area contributed by atoms with Crippen LogP contribution in [0.4, 0.5) is 4.79 Å². The molecule has 1 aliphatic heterocycles. The normalized spacial score (nSPS) is 17.4. The van der Waals surface area contributed by atoms with Crippen LogP contribution >= 0.6 is 0 Å². The SMILES string of the molecule is CCOC(=O)C1Cc2ccc(O)cc2CN1C(=O)OC(C)(C)C. The molecule has 1 heterocycles. The molecule has 0 aromatic heterocycles. The highest BCUT2D eigenvalue weighted by atomic mass is 16.6. The molecule has 0 bridgehead atoms. The maximum atomic E-state index is 12.5. The van der Waals surface area contributed by atoms with Crippen molar-refractivity contribution in [1.82, 2.24) is 4.90 Å². The number of phenols is 1. The van der Waals surface area contributed by atoms with E-state index < -0.39 is 23.7 Å². The van der Waals surface area contributed by atoms with Crippen molar-refractivity contribution >= 4 is 12.1 Å². The van der Waals surface area contributed by atoms with E-state index in [0.29, 0.717) is 6.42 Å². The monoisotopic (exact) mass is 321 g/mol. The fourth-order valence-electron chi connectivity index (χ4n) is 2.53. The summed E-state index contributed by atoms with van der Waals surface area (Å²) in [4.78, 5) is 26.1. The lowest BCUT2D eigenvalue weighted by Gasteiger charge is -2.36. The highest BCUT2D eigenvalue weighted by Gasteiger charge is 2.37. The van der Waals surface area contributed by atoms with Gasteiger partial charge in [-0.1, -0.05) is 6.07 Å². The quantitative estimate of drug-likeness (QED) is 0.847. The molecule has 0 saturated heterocycles. The van der Waals surface area contributed by atoms with Crippen molar-refractivity contribution in [2.75, 3.05) is 6.61 Å². The number of aromatic hydroxyl groups is 1. The average Bonchev–Trinajstić information content (AvgIpc) is 2.44. The summed E-state index contributed by atoms with van der Waals surface area (Å²) in [5.74, 6) is -0.320. The topological polar surface area (TPSA) is 76.1 Å². The van der Waals surface area contributed by atoms with Crippen LogP contribution in [0.2, 0.25) is 0 Å². The summed E-state index contributed by atoms with van der Waals surface area (Å²) in [6.07, 6.45) is -0.224. The Morgan fingerprint density at radius 3 is 2.61 bits per heavy atom. The van der Waals surface area contributed by atoms with E-state index in [4.69, 9.17) is 9.47 Å². The van der Waals surface area contributed by atoms with Crippen LogP contribution in [0.5, 0.6) is 5.75 Å². The predicted octanol–water partition coefficient (Wildman–Crippen LogP) is 2.62. The lowest BCUT2D eigenvalue weighted by Crippen LogP contribution is -2.50. The van der Waals surface area contributed by atoms with E-state index in [0.717, 1.165) is 11.1 Å². The molecule has 1 N–H and O–H groups in total. The molecule has 1 aliphatic rings. The number of nitrogens with zero attached hydrogens (tertiary/aromatic N) is 1. The smallest absolute Gasteiger partial charge is 0.411 e. The third kappa shape index (κ3) is 4.15. The number of hydrogen-bond acceptors (Lipinski definition) is 5. The van der Waals surface area contributed by atoms with Crippen molar-refractivity contribution in [2.45, 2.75) is 52.3 Å². The van der Waals surface area contributed by atoms with E-state index in [1.807, 2.05) is 0 Å². The van der Waals surface area contributed by atoms with Crippen LogP contribution in [-0.4, -0.2) is 40.3 Å². The molecule has 0 aliphatic carbocycles. The van der Waals surface area contributed by atoms with Crippen molar-refractivity contribution in [1.29, 1.82) is 0 Å². The summed E-state index contributed by atoms with van der Waals surface area (Å²) in [6.45, 7) is 7.49. The summed E-state index contributed by atoms with van der Waals surface area (Å²) >= 11 is 0. The molecule has 2 rings (SSSR count). The van der Waals surface area contributed by atoms with Crippen molar-refractivity contribution in [2.24, 2.45) is 0 Å². The number of rotatable bonds is 2. The molecule has 126 valence electrons. The molecule has 6 heteroatoms. The standard InChI is InChI=1S/C17H23NO5/c1-5-22-15(20)14-9-11-6-7-13(19)8-12(11)10-18(14)16(21)23-17(2,3)4/h6-8,14,19H,5,9-10H2,1-4H3. The summed E-state index contributed by atoms with van der Waals surface area (Å²) in [5.41, 5.74) is 1.06. The van der Waals surface area contributed by atoms with Crippen LogP contribution in [0.3, 0.4) is 0 Å². The summed E-state index contributed by atoms with van der Waals surface area (Å²) < 4.78 is 10.5. The lowest BCUT2D eigenvalue weighted by molar-refractivity contribution is -0.150. The average molecular weight is 321 g/mol. The van der Waals surface area contributed by atoms with Crippen LogP contribution < -0.4 is 0 Å². The Morgan fingerprint density at radius 2 is 2.00 bits per heavy atom. The second kappa shape index (κ2) is 6.48. The number of fused-ring (bicyclic) bond motifs is 1. The van der Waals surface area contributed by atoms with E-state index >= 15 is 0 Å². The number of esters is 1. The summed E-state index contributed by atoms with van der Waals surface area (Å²) in [5, 5.41) is 9.63. The maximum Gasteiger partial charge on any atom is 0.411 e. The molecule has 0 radical (unpaired) electrons. The first kappa shape index (κ1) is 17.1. The largest absolute Gasteiger partial charge is 0.508 e. The Labute approximate surface area is 136 Å². The van der Waals surface area contributed by atoms with Gasteiger partial charge in [-0.05, 0) is 51.0 Å². The van der Waals surface area contributed by atoms with Gasteiger partial charge in [-0.2, -0.15) is 0 Å². The van der Waals surface area contributed by atoms with Crippen LogP contribution in [0.1, 0.15) is 38.8 Å². The minimum absolute atomic E-state index is 0.127. The van der Waals surface area contributed by atoms with Gasteiger partial charge in [0.25, 0.3) is 0 Å². The molecule has 1 aromatic rings. The zero-order valence-corrected chi connectivity index (χ0v) is 14.0. The molecule has 1 aromatic carbocycles. The van der Waals surface area contributed by atoms with Crippen molar-refractivity contribution in [3.63, 3.8) is 0 Å². The van der Waals surface area contributed by atoms with Gasteiger partial charge in [0.15, 0.2) is 0 Å². The Kier molecular flexibility index (Phi) is 4.82. The van der Waals surface area contributed by atoms with Gasteiger partial charge in [-0.3, -0.25) is 4.90 Å². The van der Waals surface area contributed by atoms with Gasteiger partial charge in [-0.15, -0.1) is 0 Å². The Hall–Kier alpha value is -2.24. The fourth-order valence-corrected chi connectivity index (χ4v) is 2.53. The minimum Gasteiger partial charge on any atom is -0.508 e. The van der Waals surface area contributed by atoms with Crippen molar-refractivity contribution in [3.8, 4) is 5.75 Å². The van der Waals surface area contributed by atoms with Crippen LogP contribution in [0.25, 0.3) is 0 Å². The molecule has 1 atom stereocenters. The molecule has 0 spiro atoms. The zero-order valence-electron chi connectivity index (χ0n) is 14.0. The van der Waals surface area contributed by atoms with Crippen LogP contribution in [-0.2, 0) is 27.2 Å². The molecule has 6 nitrogen and oxygen atoms in total. The Bertz CT molecular complexity index is 605. The van der Waals surface area contributed by atoms with Gasteiger partial charge >= 0.3 is 12.1 Å². The highest BCUT2D eigenvalue weighted by Crippen LogP contribution is 2.28. The van der Waals surface area contributed by atoms with E-state index in [-0.39, 0.29) is 18.9 Å².